The van der Waals surface area contributed by atoms with E-state index < -0.39 is 17.0 Å². The van der Waals surface area contributed by atoms with Crippen molar-refractivity contribution in [3.63, 3.8) is 0 Å². The molecule has 1 fully saturated rings. The number of urea groups is 1. The van der Waals surface area contributed by atoms with Crippen LogP contribution in [0, 0.1) is 0 Å². The van der Waals surface area contributed by atoms with E-state index in [2.05, 4.69) is 41.1 Å². The minimum atomic E-state index is -1.14. The molecule has 11 heteroatoms. The zero-order chi connectivity index (χ0) is 25.7. The van der Waals surface area contributed by atoms with Gasteiger partial charge in [-0.1, -0.05) is 20.8 Å². The third-order valence-electron chi connectivity index (χ3n) is 5.40. The van der Waals surface area contributed by atoms with Gasteiger partial charge in [0.05, 0.1) is 22.3 Å². The van der Waals surface area contributed by atoms with Gasteiger partial charge in [-0.2, -0.15) is 0 Å². The van der Waals surface area contributed by atoms with Crippen molar-refractivity contribution in [3.05, 3.63) is 65.3 Å². The number of hydrogen-bond acceptors (Lipinski definition) is 6. The second-order valence-corrected chi connectivity index (χ2v) is 11.7. The number of pyridine rings is 1. The van der Waals surface area contributed by atoms with Gasteiger partial charge < -0.3 is 15.0 Å². The summed E-state index contributed by atoms with van der Waals surface area (Å²) < 4.78 is 20.5. The molecule has 190 valence electrons. The van der Waals surface area contributed by atoms with Gasteiger partial charge in [-0.3, -0.25) is 15.1 Å². The van der Waals surface area contributed by atoms with Gasteiger partial charge in [-0.25, -0.2) is 13.7 Å². The van der Waals surface area contributed by atoms with E-state index in [9.17, 15) is 13.8 Å². The molecule has 1 atom stereocenters. The Balaban J connectivity index is 1.46. The highest BCUT2D eigenvalue weighted by Gasteiger charge is 2.27. The molecule has 3 N–H and O–H groups in total. The molecule has 0 aliphatic carbocycles. The average Bonchev–Trinajstić information content (AvgIpc) is 3.14. The molecule has 2 aromatic heterocycles. The molecule has 1 aliphatic heterocycles. The largest absolute Gasteiger partial charge is 0.457 e. The number of ether oxygens (including phenoxy) is 1. The SMILES string of the molecule is CC(C)(C)c1cc(C(=O)N2CCNS(=O)CC2)c(NC(=O)Nc2ccc(Oc3ccncc3)cc2)s1. The number of carbonyl (C=O) groups excluding carboxylic acids is 2. The van der Waals surface area contributed by atoms with E-state index in [1.807, 2.05) is 6.07 Å². The predicted octanol–water partition coefficient (Wildman–Crippen LogP) is 4.59. The van der Waals surface area contributed by atoms with Crippen LogP contribution in [0.25, 0.3) is 0 Å². The van der Waals surface area contributed by atoms with Crippen molar-refractivity contribution in [2.45, 2.75) is 26.2 Å². The molecule has 0 bridgehead atoms. The van der Waals surface area contributed by atoms with Crippen LogP contribution in [0.4, 0.5) is 15.5 Å². The number of thiophene rings is 1. The topological polar surface area (TPSA) is 113 Å². The zero-order valence-electron chi connectivity index (χ0n) is 20.4. The molecule has 3 amide bonds. The molecule has 1 aliphatic rings. The Morgan fingerprint density at radius 3 is 2.44 bits per heavy atom. The fourth-order valence-electron chi connectivity index (χ4n) is 3.47. The second kappa shape index (κ2) is 11.2. The normalized spacial score (nSPS) is 16.2. The van der Waals surface area contributed by atoms with Gasteiger partial charge in [-0.15, -0.1) is 11.3 Å². The number of aromatic nitrogens is 1. The van der Waals surface area contributed by atoms with Crippen LogP contribution in [0.5, 0.6) is 11.5 Å². The lowest BCUT2D eigenvalue weighted by Crippen LogP contribution is -2.35. The standard InChI is InChI=1S/C25H29N5O4S2/c1-25(2,3)21-16-20(23(31)30-13-12-27-36(33)15-14-30)22(35-21)29-24(32)28-17-4-6-18(7-5-17)34-19-8-10-26-11-9-19/h4-11,16,27H,12-15H2,1-3H3,(H2,28,29,32). The summed E-state index contributed by atoms with van der Waals surface area (Å²) in [5, 5.41) is 6.15. The summed E-state index contributed by atoms with van der Waals surface area (Å²) in [6, 6.07) is 11.9. The predicted molar refractivity (Wildman–Crippen MR) is 143 cm³/mol. The summed E-state index contributed by atoms with van der Waals surface area (Å²) in [5.41, 5.74) is 0.827. The summed E-state index contributed by atoms with van der Waals surface area (Å²) in [6.45, 7) is 7.48. The molecule has 0 saturated carbocycles. The smallest absolute Gasteiger partial charge is 0.324 e. The van der Waals surface area contributed by atoms with Gasteiger partial charge in [-0.05, 0) is 47.9 Å². The van der Waals surface area contributed by atoms with Gasteiger partial charge in [0, 0.05) is 42.6 Å². The highest BCUT2D eigenvalue weighted by atomic mass is 32.2. The van der Waals surface area contributed by atoms with Crippen molar-refractivity contribution in [3.8, 4) is 11.5 Å². The van der Waals surface area contributed by atoms with Gasteiger partial charge in [0.15, 0.2) is 0 Å². The fraction of sp³-hybridized carbons (Fsp3) is 0.320. The number of nitrogens with one attached hydrogen (secondary N) is 3. The van der Waals surface area contributed by atoms with Gasteiger partial charge in [0.2, 0.25) is 0 Å². The molecule has 1 unspecified atom stereocenters. The fourth-order valence-corrected chi connectivity index (χ4v) is 5.42. The number of anilines is 2. The summed E-state index contributed by atoms with van der Waals surface area (Å²) in [5.74, 6) is 1.47. The Bertz CT molecular complexity index is 1240. The summed E-state index contributed by atoms with van der Waals surface area (Å²) >= 11 is 1.39. The Hall–Kier alpha value is -3.28. The molecular formula is C25H29N5O4S2. The second-order valence-electron chi connectivity index (χ2n) is 9.23. The molecular weight excluding hydrogens is 498 g/mol. The van der Waals surface area contributed by atoms with Crippen LogP contribution in [-0.4, -0.2) is 51.4 Å². The molecule has 0 spiro atoms. The summed E-state index contributed by atoms with van der Waals surface area (Å²) in [6.07, 6.45) is 3.30. The van der Waals surface area contributed by atoms with E-state index in [0.29, 0.717) is 53.1 Å². The van der Waals surface area contributed by atoms with Crippen molar-refractivity contribution >= 4 is 44.9 Å². The monoisotopic (exact) mass is 527 g/mol. The molecule has 9 nitrogen and oxygen atoms in total. The van der Waals surface area contributed by atoms with Crippen LogP contribution >= 0.6 is 11.3 Å². The van der Waals surface area contributed by atoms with Crippen LogP contribution in [0.15, 0.2) is 54.9 Å². The van der Waals surface area contributed by atoms with Crippen molar-refractivity contribution in [1.29, 1.82) is 0 Å². The third-order valence-corrected chi connectivity index (χ3v) is 7.96. The number of hydrogen-bond donors (Lipinski definition) is 3. The van der Waals surface area contributed by atoms with E-state index in [1.54, 1.807) is 53.7 Å². The lowest BCUT2D eigenvalue weighted by Gasteiger charge is -2.20. The molecule has 3 aromatic rings. The lowest BCUT2D eigenvalue weighted by molar-refractivity contribution is 0.0773. The first-order chi connectivity index (χ1) is 17.2. The number of rotatable bonds is 5. The number of nitrogens with zero attached hydrogens (tertiary/aromatic N) is 2. The quantitative estimate of drug-likeness (QED) is 0.449. The van der Waals surface area contributed by atoms with Gasteiger partial charge >= 0.3 is 6.03 Å². The Morgan fingerprint density at radius 2 is 1.75 bits per heavy atom. The van der Waals surface area contributed by atoms with Gasteiger partial charge in [0.1, 0.15) is 16.5 Å². The first kappa shape index (κ1) is 25.8. The first-order valence-corrected chi connectivity index (χ1v) is 13.6. The molecule has 1 aromatic carbocycles. The molecule has 1 saturated heterocycles. The highest BCUT2D eigenvalue weighted by molar-refractivity contribution is 7.83. The van der Waals surface area contributed by atoms with E-state index in [-0.39, 0.29) is 11.3 Å². The van der Waals surface area contributed by atoms with Crippen molar-refractivity contribution in [1.82, 2.24) is 14.6 Å². The molecule has 36 heavy (non-hydrogen) atoms. The lowest BCUT2D eigenvalue weighted by atomic mass is 9.94. The first-order valence-electron chi connectivity index (χ1n) is 11.5. The van der Waals surface area contributed by atoms with Crippen molar-refractivity contribution < 1.29 is 18.5 Å². The van der Waals surface area contributed by atoms with Gasteiger partial charge in [0.25, 0.3) is 5.91 Å². The number of benzene rings is 1. The zero-order valence-corrected chi connectivity index (χ0v) is 22.0. The van der Waals surface area contributed by atoms with E-state index in [4.69, 9.17) is 4.74 Å². The third kappa shape index (κ3) is 6.68. The van der Waals surface area contributed by atoms with Crippen LogP contribution in [-0.2, 0) is 16.4 Å². The Labute approximate surface area is 216 Å². The van der Waals surface area contributed by atoms with Crippen LogP contribution in [0.2, 0.25) is 0 Å². The average molecular weight is 528 g/mol. The van der Waals surface area contributed by atoms with E-state index in [0.717, 1.165) is 4.88 Å². The maximum Gasteiger partial charge on any atom is 0.324 e. The Kier molecular flexibility index (Phi) is 8.02. The highest BCUT2D eigenvalue weighted by Crippen LogP contribution is 2.37. The number of carbonyl (C=O) groups is 2. The minimum Gasteiger partial charge on any atom is -0.457 e. The Morgan fingerprint density at radius 1 is 1.06 bits per heavy atom. The van der Waals surface area contributed by atoms with E-state index >= 15 is 0 Å². The molecule has 3 heterocycles. The maximum atomic E-state index is 13.4. The number of amides is 3. The van der Waals surface area contributed by atoms with Crippen LogP contribution in [0.1, 0.15) is 36.0 Å². The van der Waals surface area contributed by atoms with Crippen LogP contribution < -0.4 is 20.1 Å². The summed E-state index contributed by atoms with van der Waals surface area (Å²) in [4.78, 5) is 32.8. The molecule has 4 rings (SSSR count). The van der Waals surface area contributed by atoms with Crippen molar-refractivity contribution in [2.75, 3.05) is 36.0 Å². The van der Waals surface area contributed by atoms with E-state index in [1.165, 1.54) is 11.3 Å². The maximum absolute atomic E-state index is 13.4. The van der Waals surface area contributed by atoms with Crippen molar-refractivity contribution in [2.24, 2.45) is 0 Å². The molecule has 0 radical (unpaired) electrons. The minimum absolute atomic E-state index is 0.185. The van der Waals surface area contributed by atoms with Crippen LogP contribution in [0.3, 0.4) is 0 Å². The summed E-state index contributed by atoms with van der Waals surface area (Å²) in [7, 11) is -1.14.